The first-order chi connectivity index (χ1) is 15.7. The SMILES string of the molecule is CC(C)=N[n+]1c(-c2ccccc2)cc(-c2ccccc2)cc1-c1ccccc1.[O-][Cl+3]([O-])([O-])[O-]. The second-order valence-corrected chi connectivity index (χ2v) is 8.11. The molecule has 1 aromatic heterocycles. The Morgan fingerprint density at radius 2 is 0.909 bits per heavy atom. The average Bonchev–Trinajstić information content (AvgIpc) is 2.79. The van der Waals surface area contributed by atoms with Crippen LogP contribution >= 0.6 is 0 Å². The molecule has 6 nitrogen and oxygen atoms in total. The molecule has 0 N–H and O–H groups in total. The summed E-state index contributed by atoms with van der Waals surface area (Å²) in [6, 6.07) is 35.9. The van der Waals surface area contributed by atoms with E-state index in [1.807, 2.05) is 32.0 Å². The number of hydrogen-bond donors (Lipinski definition) is 0. The van der Waals surface area contributed by atoms with Gasteiger partial charge in [0.15, 0.2) is 0 Å². The third-order valence-electron chi connectivity index (χ3n) is 4.59. The lowest BCUT2D eigenvalue weighted by atomic mass is 10.00. The van der Waals surface area contributed by atoms with E-state index in [0.717, 1.165) is 28.2 Å². The van der Waals surface area contributed by atoms with Crippen molar-refractivity contribution < 1.29 is 33.6 Å². The third kappa shape index (κ3) is 7.32. The second kappa shape index (κ2) is 11.0. The van der Waals surface area contributed by atoms with Crippen molar-refractivity contribution in [3.05, 3.63) is 103 Å². The Morgan fingerprint density at radius 3 is 1.24 bits per heavy atom. The molecule has 168 valence electrons. The highest BCUT2D eigenvalue weighted by Crippen LogP contribution is 2.29. The van der Waals surface area contributed by atoms with Crippen molar-refractivity contribution in [3.8, 4) is 33.6 Å². The Kier molecular flexibility index (Phi) is 8.06. The summed E-state index contributed by atoms with van der Waals surface area (Å²) >= 11 is 0. The minimum Gasteiger partial charge on any atom is -0.222 e. The molecule has 0 radical (unpaired) electrons. The largest absolute Gasteiger partial charge is 0.246 e. The summed E-state index contributed by atoms with van der Waals surface area (Å²) in [5.74, 6) is 0. The predicted octanol–water partition coefficient (Wildman–Crippen LogP) is 1.46. The minimum atomic E-state index is -4.94. The van der Waals surface area contributed by atoms with E-state index in [4.69, 9.17) is 23.7 Å². The molecule has 0 bridgehead atoms. The molecule has 0 saturated heterocycles. The van der Waals surface area contributed by atoms with Gasteiger partial charge < -0.3 is 0 Å². The van der Waals surface area contributed by atoms with Gasteiger partial charge in [0.2, 0.25) is 11.4 Å². The Morgan fingerprint density at radius 1 is 0.576 bits per heavy atom. The summed E-state index contributed by atoms with van der Waals surface area (Å²) in [5.41, 5.74) is 7.81. The zero-order valence-corrected chi connectivity index (χ0v) is 19.0. The van der Waals surface area contributed by atoms with E-state index in [0.29, 0.717) is 0 Å². The van der Waals surface area contributed by atoms with Crippen LogP contribution in [-0.2, 0) is 0 Å². The highest BCUT2D eigenvalue weighted by molar-refractivity contribution is 5.79. The van der Waals surface area contributed by atoms with Crippen LogP contribution in [0.25, 0.3) is 33.6 Å². The van der Waals surface area contributed by atoms with Crippen molar-refractivity contribution in [3.63, 3.8) is 0 Å². The van der Waals surface area contributed by atoms with Crippen molar-refractivity contribution in [2.45, 2.75) is 13.8 Å². The first-order valence-corrected chi connectivity index (χ1v) is 11.4. The van der Waals surface area contributed by atoms with Gasteiger partial charge in [0.1, 0.15) is 0 Å². The number of halogens is 1. The fraction of sp³-hybridized carbons (Fsp3) is 0.0769. The van der Waals surface area contributed by atoms with E-state index >= 15 is 0 Å². The van der Waals surface area contributed by atoms with Crippen LogP contribution in [0.4, 0.5) is 0 Å². The molecule has 0 amide bonds. The average molecular weight is 463 g/mol. The molecule has 0 aliphatic rings. The summed E-state index contributed by atoms with van der Waals surface area (Å²) in [6.07, 6.45) is 0. The number of aromatic nitrogens is 1. The molecule has 3 aromatic carbocycles. The lowest BCUT2D eigenvalue weighted by Crippen LogP contribution is -2.68. The molecule has 0 aliphatic heterocycles. The summed E-state index contributed by atoms with van der Waals surface area (Å²) in [6.45, 7) is 4.06. The van der Waals surface area contributed by atoms with E-state index in [2.05, 4.69) is 89.6 Å². The number of rotatable bonds is 4. The van der Waals surface area contributed by atoms with Crippen molar-refractivity contribution >= 4 is 5.71 Å². The van der Waals surface area contributed by atoms with Crippen LogP contribution in [0, 0.1) is 10.2 Å². The van der Waals surface area contributed by atoms with Gasteiger partial charge in [-0.3, -0.25) is 0 Å². The molecular weight excluding hydrogens is 440 g/mol. The second-order valence-electron chi connectivity index (χ2n) is 7.35. The van der Waals surface area contributed by atoms with Crippen molar-refractivity contribution in [2.75, 3.05) is 0 Å². The lowest BCUT2D eigenvalue weighted by molar-refractivity contribution is -2.00. The summed E-state index contributed by atoms with van der Waals surface area (Å²) in [4.78, 5) is 0. The predicted molar refractivity (Wildman–Crippen MR) is 117 cm³/mol. The van der Waals surface area contributed by atoms with Gasteiger partial charge in [-0.25, -0.2) is 18.6 Å². The first-order valence-electron chi connectivity index (χ1n) is 10.1. The molecule has 4 rings (SSSR count). The van der Waals surface area contributed by atoms with Crippen LogP contribution in [0.3, 0.4) is 0 Å². The lowest BCUT2D eigenvalue weighted by Gasteiger charge is -2.17. The molecule has 1 heterocycles. The van der Waals surface area contributed by atoms with Crippen LogP contribution in [0.2, 0.25) is 0 Å². The van der Waals surface area contributed by atoms with Gasteiger partial charge in [-0.05, 0) is 59.0 Å². The third-order valence-corrected chi connectivity index (χ3v) is 4.59. The molecule has 0 atom stereocenters. The molecule has 4 aromatic rings. The fourth-order valence-electron chi connectivity index (χ4n) is 3.32. The number of nitrogens with zero attached hydrogens (tertiary/aromatic N) is 2. The Balaban J connectivity index is 0.000000555. The van der Waals surface area contributed by atoms with E-state index in [1.165, 1.54) is 11.1 Å². The van der Waals surface area contributed by atoms with Gasteiger partial charge in [-0.1, -0.05) is 66.7 Å². The Hall–Kier alpha value is -3.39. The van der Waals surface area contributed by atoms with Crippen LogP contribution in [-0.4, -0.2) is 5.71 Å². The van der Waals surface area contributed by atoms with Gasteiger partial charge >= 0.3 is 0 Å². The molecule has 33 heavy (non-hydrogen) atoms. The monoisotopic (exact) mass is 462 g/mol. The standard InChI is InChI=1S/C26H23N2.ClHO4/c1-20(2)27-28-25(22-14-8-4-9-15-22)18-24(21-12-6-3-7-13-21)19-26(28)23-16-10-5-11-17-23;2-1(3,4)5/h3-19H,1-2H3;(H,2,3,4,5)/q+1;/p-1. The van der Waals surface area contributed by atoms with Crippen LogP contribution < -0.4 is 23.3 Å². The molecule has 7 heteroatoms. The first kappa shape index (κ1) is 24.3. The van der Waals surface area contributed by atoms with Crippen molar-refractivity contribution in [2.24, 2.45) is 5.10 Å². The van der Waals surface area contributed by atoms with Gasteiger partial charge in [0, 0.05) is 23.3 Å². The maximum Gasteiger partial charge on any atom is 0.246 e. The zero-order chi connectivity index (χ0) is 23.8. The highest BCUT2D eigenvalue weighted by atomic mass is 35.7. The quantitative estimate of drug-likeness (QED) is 0.338. The van der Waals surface area contributed by atoms with Crippen LogP contribution in [0.15, 0.2) is 108 Å². The highest BCUT2D eigenvalue weighted by Gasteiger charge is 2.23. The smallest absolute Gasteiger partial charge is 0.222 e. The van der Waals surface area contributed by atoms with E-state index < -0.39 is 10.2 Å². The summed E-state index contributed by atoms with van der Waals surface area (Å²) in [7, 11) is -4.94. The minimum absolute atomic E-state index is 1.01. The Labute approximate surface area is 195 Å². The topological polar surface area (TPSA) is 108 Å². The fourth-order valence-corrected chi connectivity index (χ4v) is 3.32. The summed E-state index contributed by atoms with van der Waals surface area (Å²) < 4.78 is 36.0. The zero-order valence-electron chi connectivity index (χ0n) is 18.2. The number of pyridine rings is 1. The van der Waals surface area contributed by atoms with E-state index in [1.54, 1.807) is 0 Å². The van der Waals surface area contributed by atoms with Gasteiger partial charge in [-0.15, -0.1) is 10.2 Å². The van der Waals surface area contributed by atoms with E-state index in [-0.39, 0.29) is 0 Å². The van der Waals surface area contributed by atoms with Crippen LogP contribution in [0.1, 0.15) is 13.8 Å². The molecule has 0 saturated carbocycles. The van der Waals surface area contributed by atoms with Gasteiger partial charge in [0.25, 0.3) is 0 Å². The van der Waals surface area contributed by atoms with Gasteiger partial charge in [-0.2, -0.15) is 0 Å². The molecule has 0 aliphatic carbocycles. The van der Waals surface area contributed by atoms with Gasteiger partial charge in [0.05, 0.1) is 5.71 Å². The normalized spacial score (nSPS) is 10.7. The maximum atomic E-state index is 8.49. The molecule has 0 fully saturated rings. The molecule has 0 spiro atoms. The number of hydrogen-bond acceptors (Lipinski definition) is 5. The number of benzene rings is 3. The molecule has 0 unspecified atom stereocenters. The maximum absolute atomic E-state index is 8.49. The van der Waals surface area contributed by atoms with Crippen molar-refractivity contribution in [1.82, 2.24) is 0 Å². The van der Waals surface area contributed by atoms with E-state index in [9.17, 15) is 0 Å². The Bertz CT molecular complexity index is 1140. The van der Waals surface area contributed by atoms with Crippen molar-refractivity contribution in [1.29, 1.82) is 0 Å². The molecular formula is C26H23ClN2O4. The van der Waals surface area contributed by atoms with Crippen LogP contribution in [0.5, 0.6) is 0 Å². The summed E-state index contributed by atoms with van der Waals surface area (Å²) in [5, 5.41) is 4.88.